The van der Waals surface area contributed by atoms with E-state index in [1.807, 2.05) is 18.2 Å². The molecule has 3 aromatic carbocycles. The van der Waals surface area contributed by atoms with Crippen LogP contribution in [0.3, 0.4) is 0 Å². The maximum atomic E-state index is 4.12. The molecule has 0 spiro atoms. The molecule has 0 amide bonds. The van der Waals surface area contributed by atoms with Crippen LogP contribution >= 0.6 is 0 Å². The lowest BCUT2D eigenvalue weighted by molar-refractivity contribution is 0.690. The van der Waals surface area contributed by atoms with Crippen molar-refractivity contribution < 1.29 is 0 Å². The molecule has 0 N–H and O–H groups in total. The second-order valence-corrected chi connectivity index (χ2v) is 7.36. The Hall–Kier alpha value is -3.26. The molecule has 0 fully saturated rings. The maximum Gasteiger partial charge on any atom is 0.0885 e. The summed E-state index contributed by atoms with van der Waals surface area (Å²) in [6.45, 7) is 0. The van der Waals surface area contributed by atoms with E-state index in [2.05, 4.69) is 58.5 Å². The van der Waals surface area contributed by atoms with E-state index in [1.165, 1.54) is 47.2 Å². The van der Waals surface area contributed by atoms with E-state index >= 15 is 0 Å². The van der Waals surface area contributed by atoms with Gasteiger partial charge in [0.1, 0.15) is 0 Å². The molecule has 5 aromatic rings. The van der Waals surface area contributed by atoms with Crippen molar-refractivity contribution in [3.63, 3.8) is 0 Å². The van der Waals surface area contributed by atoms with Gasteiger partial charge in [-0.2, -0.15) is 0 Å². The summed E-state index contributed by atoms with van der Waals surface area (Å²) >= 11 is 0. The summed E-state index contributed by atoms with van der Waals surface area (Å²) in [5.74, 6) is 0. The average Bonchev–Trinajstić information content (AvgIpc) is 2.79. The Labute approximate surface area is 164 Å². The van der Waals surface area contributed by atoms with Crippen LogP contribution in [-0.4, -0.2) is 9.97 Å². The van der Waals surface area contributed by atoms with E-state index < -0.39 is 0 Å². The van der Waals surface area contributed by atoms with Crippen molar-refractivity contribution in [2.45, 2.75) is 25.7 Å². The predicted octanol–water partition coefficient (Wildman–Crippen LogP) is 6.50. The lowest BCUT2D eigenvalue weighted by Gasteiger charge is -2.18. The molecule has 2 heteroatoms. The molecular formula is C26H22N2. The first-order valence-electron chi connectivity index (χ1n) is 9.97. The fourth-order valence-corrected chi connectivity index (χ4v) is 4.26. The molecule has 28 heavy (non-hydrogen) atoms. The summed E-state index contributed by atoms with van der Waals surface area (Å²) in [4.78, 5) is 8.07. The Morgan fingerprint density at radius 1 is 0.607 bits per heavy atom. The van der Waals surface area contributed by atoms with Crippen LogP contribution < -0.4 is 0 Å². The van der Waals surface area contributed by atoms with Gasteiger partial charge in [-0.3, -0.25) is 9.97 Å². The summed E-state index contributed by atoms with van der Waals surface area (Å²) < 4.78 is 0. The van der Waals surface area contributed by atoms with Gasteiger partial charge in [0.25, 0.3) is 0 Å². The molecule has 0 bridgehead atoms. The third kappa shape index (κ3) is 3.11. The molecule has 6 rings (SSSR count). The number of fused-ring (bicyclic) bond motifs is 6. The van der Waals surface area contributed by atoms with Crippen LogP contribution in [0.2, 0.25) is 0 Å². The van der Waals surface area contributed by atoms with Crippen LogP contribution in [0.4, 0.5) is 0 Å². The van der Waals surface area contributed by atoms with E-state index in [0.29, 0.717) is 0 Å². The highest BCUT2D eigenvalue weighted by atomic mass is 14.7. The average molecular weight is 362 g/mol. The second kappa shape index (κ2) is 7.40. The molecule has 1 aliphatic rings. The third-order valence-corrected chi connectivity index (χ3v) is 5.67. The fourth-order valence-electron chi connectivity index (χ4n) is 4.26. The van der Waals surface area contributed by atoms with E-state index in [9.17, 15) is 0 Å². The molecule has 0 aliphatic heterocycles. The number of aryl methyl sites for hydroxylation is 2. The Balaban J connectivity index is 0.000000145. The van der Waals surface area contributed by atoms with Crippen LogP contribution in [0.1, 0.15) is 24.0 Å². The van der Waals surface area contributed by atoms with Crippen molar-refractivity contribution in [3.8, 4) is 0 Å². The van der Waals surface area contributed by atoms with Crippen LogP contribution in [0, 0.1) is 0 Å². The first-order valence-corrected chi connectivity index (χ1v) is 9.97. The zero-order valence-corrected chi connectivity index (χ0v) is 15.8. The van der Waals surface area contributed by atoms with Crippen LogP contribution in [0.5, 0.6) is 0 Å². The molecule has 0 saturated carbocycles. The smallest absolute Gasteiger partial charge is 0.0885 e. The minimum absolute atomic E-state index is 0.949. The Bertz CT molecular complexity index is 1210. The first kappa shape index (κ1) is 16.9. The Morgan fingerprint density at radius 2 is 1.46 bits per heavy atom. The number of pyridine rings is 2. The maximum absolute atomic E-state index is 4.12. The minimum atomic E-state index is 0.949. The molecule has 0 radical (unpaired) electrons. The van der Waals surface area contributed by atoms with Gasteiger partial charge in [0.2, 0.25) is 0 Å². The van der Waals surface area contributed by atoms with Crippen LogP contribution in [0.15, 0.2) is 85.3 Å². The highest BCUT2D eigenvalue weighted by molar-refractivity contribution is 6.08. The van der Waals surface area contributed by atoms with Gasteiger partial charge in [0.15, 0.2) is 0 Å². The van der Waals surface area contributed by atoms with E-state index in [-0.39, 0.29) is 0 Å². The van der Waals surface area contributed by atoms with Gasteiger partial charge < -0.3 is 0 Å². The van der Waals surface area contributed by atoms with Crippen molar-refractivity contribution in [3.05, 3.63) is 96.4 Å². The second-order valence-electron chi connectivity index (χ2n) is 7.36. The fraction of sp³-hybridized carbons (Fsp3) is 0.154. The van der Waals surface area contributed by atoms with Crippen molar-refractivity contribution in [1.82, 2.24) is 9.97 Å². The van der Waals surface area contributed by atoms with Crippen molar-refractivity contribution in [2.24, 2.45) is 0 Å². The third-order valence-electron chi connectivity index (χ3n) is 5.67. The highest BCUT2D eigenvalue weighted by Gasteiger charge is 2.13. The molecule has 2 aromatic heterocycles. The summed E-state index contributed by atoms with van der Waals surface area (Å²) in [6, 6.07) is 23.9. The SMILES string of the molecule is c1ccc2c(c1)ccc1c3c(ccc12)CCCC3.c1cnc2cnccc2c1. The molecule has 136 valence electrons. The zero-order chi connectivity index (χ0) is 18.8. The quantitative estimate of drug-likeness (QED) is 0.294. The van der Waals surface area contributed by atoms with E-state index in [0.717, 1.165) is 10.9 Å². The summed E-state index contributed by atoms with van der Waals surface area (Å²) in [7, 11) is 0. The van der Waals surface area contributed by atoms with Crippen LogP contribution in [-0.2, 0) is 12.8 Å². The van der Waals surface area contributed by atoms with E-state index in [1.54, 1.807) is 29.7 Å². The molecule has 2 nitrogen and oxygen atoms in total. The normalized spacial score (nSPS) is 13.1. The van der Waals surface area contributed by atoms with Crippen molar-refractivity contribution in [2.75, 3.05) is 0 Å². The molecule has 2 heterocycles. The molecule has 0 unspecified atom stereocenters. The number of hydrogen-bond acceptors (Lipinski definition) is 2. The standard InChI is InChI=1S/C18H16.C8H6N2/c1-3-7-15-13(5-1)9-11-18-16-8-4-2-6-14(16)10-12-17(15)18;1-2-7-3-5-9-6-8(7)10-4-1/h1,3,5,7,9-12H,2,4,6,8H2;1-6H. The first-order chi connectivity index (χ1) is 13.9. The van der Waals surface area contributed by atoms with Gasteiger partial charge >= 0.3 is 0 Å². The number of aromatic nitrogens is 2. The lowest BCUT2D eigenvalue weighted by atomic mass is 9.86. The molecule has 1 aliphatic carbocycles. The minimum Gasteiger partial charge on any atom is -0.262 e. The number of benzene rings is 3. The highest BCUT2D eigenvalue weighted by Crippen LogP contribution is 2.33. The van der Waals surface area contributed by atoms with Gasteiger partial charge in [-0.1, -0.05) is 54.6 Å². The number of nitrogens with zero attached hydrogens (tertiary/aromatic N) is 2. The Kier molecular flexibility index (Phi) is 4.46. The number of rotatable bonds is 0. The van der Waals surface area contributed by atoms with Crippen LogP contribution in [0.25, 0.3) is 32.4 Å². The molecule has 0 saturated heterocycles. The monoisotopic (exact) mass is 362 g/mol. The van der Waals surface area contributed by atoms with E-state index in [4.69, 9.17) is 0 Å². The largest absolute Gasteiger partial charge is 0.262 e. The summed E-state index contributed by atoms with van der Waals surface area (Å²) in [5.41, 5.74) is 4.12. The van der Waals surface area contributed by atoms with Crippen molar-refractivity contribution >= 4 is 32.4 Å². The lowest BCUT2D eigenvalue weighted by Crippen LogP contribution is -2.02. The van der Waals surface area contributed by atoms with Gasteiger partial charge in [0.05, 0.1) is 11.7 Å². The van der Waals surface area contributed by atoms with Gasteiger partial charge in [-0.25, -0.2) is 0 Å². The predicted molar refractivity (Wildman–Crippen MR) is 118 cm³/mol. The zero-order valence-electron chi connectivity index (χ0n) is 15.8. The molecular weight excluding hydrogens is 340 g/mol. The summed E-state index contributed by atoms with van der Waals surface area (Å²) in [5, 5.41) is 6.78. The van der Waals surface area contributed by atoms with Gasteiger partial charge in [0, 0.05) is 17.8 Å². The van der Waals surface area contributed by atoms with Crippen molar-refractivity contribution in [1.29, 1.82) is 0 Å². The summed E-state index contributed by atoms with van der Waals surface area (Å²) in [6.07, 6.45) is 10.5. The molecule has 0 atom stereocenters. The van der Waals surface area contributed by atoms with Gasteiger partial charge in [-0.05, 0) is 70.5 Å². The van der Waals surface area contributed by atoms with Gasteiger partial charge in [-0.15, -0.1) is 0 Å². The topological polar surface area (TPSA) is 25.8 Å². The number of hydrogen-bond donors (Lipinski definition) is 0. The Morgan fingerprint density at radius 3 is 2.43 bits per heavy atom.